The number of anilines is 1. The summed E-state index contributed by atoms with van der Waals surface area (Å²) in [6, 6.07) is 11.7. The number of benzene rings is 2. The summed E-state index contributed by atoms with van der Waals surface area (Å²) in [4.78, 5) is 56.5. The quantitative estimate of drug-likeness (QED) is 0.199. The summed E-state index contributed by atoms with van der Waals surface area (Å²) in [6.45, 7) is 8.02. The molecule has 14 heteroatoms. The summed E-state index contributed by atoms with van der Waals surface area (Å²) in [5.41, 5.74) is 4.67. The Hall–Kier alpha value is -5.01. The van der Waals surface area contributed by atoms with Crippen molar-refractivity contribution in [3.63, 3.8) is 0 Å². The molecule has 0 unspecified atom stereocenters. The summed E-state index contributed by atoms with van der Waals surface area (Å²) in [5.74, 6) is -1.35. The van der Waals surface area contributed by atoms with Crippen molar-refractivity contribution in [2.75, 3.05) is 18.6 Å². The first-order chi connectivity index (χ1) is 22.3. The number of halogens is 1. The number of nitrogens with zero attached hydrogens (tertiary/aromatic N) is 4. The van der Waals surface area contributed by atoms with Gasteiger partial charge >= 0.3 is 11.9 Å². The zero-order valence-electron chi connectivity index (χ0n) is 26.6. The van der Waals surface area contributed by atoms with E-state index in [2.05, 4.69) is 20.2 Å². The van der Waals surface area contributed by atoms with Crippen LogP contribution in [0.25, 0.3) is 5.65 Å². The maximum absolute atomic E-state index is 13.0. The lowest BCUT2D eigenvalue weighted by Crippen LogP contribution is -2.35. The van der Waals surface area contributed by atoms with E-state index in [1.807, 2.05) is 52.0 Å². The Kier molecular flexibility index (Phi) is 9.50. The van der Waals surface area contributed by atoms with Gasteiger partial charge in [0.05, 0.1) is 23.5 Å². The molecule has 0 saturated carbocycles. The third kappa shape index (κ3) is 7.21. The van der Waals surface area contributed by atoms with E-state index in [0.29, 0.717) is 24.9 Å². The third-order valence-corrected chi connectivity index (χ3v) is 7.94. The van der Waals surface area contributed by atoms with Gasteiger partial charge in [0.15, 0.2) is 17.9 Å². The second kappa shape index (κ2) is 13.4. The molecule has 1 aliphatic carbocycles. The van der Waals surface area contributed by atoms with E-state index in [-0.39, 0.29) is 41.6 Å². The lowest BCUT2D eigenvalue weighted by molar-refractivity contribution is -0.121. The monoisotopic (exact) mass is 662 g/mol. The van der Waals surface area contributed by atoms with Crippen molar-refractivity contribution in [2.45, 2.75) is 58.7 Å². The number of carboxylic acid groups (broad SMARTS) is 1. The number of fused-ring (bicyclic) bond motifs is 3. The van der Waals surface area contributed by atoms with Crippen LogP contribution in [0.4, 0.5) is 5.69 Å². The van der Waals surface area contributed by atoms with Gasteiger partial charge in [-0.2, -0.15) is 5.10 Å². The molecule has 246 valence electrons. The van der Waals surface area contributed by atoms with E-state index in [9.17, 15) is 24.3 Å². The molecule has 3 N–H and O–H groups in total. The number of aromatic carboxylic acids is 1. The van der Waals surface area contributed by atoms with Gasteiger partial charge < -0.3 is 24.8 Å². The molecule has 0 bridgehead atoms. The van der Waals surface area contributed by atoms with Crippen LogP contribution < -0.4 is 19.8 Å². The smallest absolute Gasteiger partial charge is 0.354 e. The number of likely N-dealkylation sites (N-methyl/N-ethyl adjacent to an activating group) is 1. The minimum atomic E-state index is -1.22. The van der Waals surface area contributed by atoms with Gasteiger partial charge in [0, 0.05) is 25.7 Å². The number of amides is 2. The van der Waals surface area contributed by atoms with E-state index < -0.39 is 17.5 Å². The number of carbonyl (C=O) groups excluding carboxylic acids is 3. The Morgan fingerprint density at radius 3 is 2.62 bits per heavy atom. The summed E-state index contributed by atoms with van der Waals surface area (Å²) < 4.78 is 12.1. The highest BCUT2D eigenvalue weighted by Gasteiger charge is 2.30. The number of hydrogen-bond donors (Lipinski definition) is 3. The molecule has 2 aromatic heterocycles. The number of ether oxygens (including phenoxy) is 2. The molecule has 0 radical (unpaired) electrons. The Labute approximate surface area is 275 Å². The number of carboxylic acids is 1. The first kappa shape index (κ1) is 33.4. The normalized spacial score (nSPS) is 15.2. The number of hydrogen-bond acceptors (Lipinski definition) is 9. The SMILES string of the molecule is CN1C(=O)COc2ccc(CNCl)cc21.Cc1c(C(=O)OC(C)(C)C)ccc2c1CC[C@@H]2NC(=O)c1cc(C(=O)O)nc2ccnn12. The molecule has 1 atom stereocenters. The average molecular weight is 663 g/mol. The maximum atomic E-state index is 13.0. The first-order valence-electron chi connectivity index (χ1n) is 14.9. The summed E-state index contributed by atoms with van der Waals surface area (Å²) in [5, 5.41) is 16.4. The first-order valence-corrected chi connectivity index (χ1v) is 15.3. The second-order valence-corrected chi connectivity index (χ2v) is 12.4. The molecule has 6 rings (SSSR count). The third-order valence-electron chi connectivity index (χ3n) is 7.81. The van der Waals surface area contributed by atoms with Crippen LogP contribution in [0.5, 0.6) is 5.75 Å². The highest BCUT2D eigenvalue weighted by molar-refractivity contribution is 6.13. The molecule has 47 heavy (non-hydrogen) atoms. The Morgan fingerprint density at radius 1 is 1.15 bits per heavy atom. The van der Waals surface area contributed by atoms with E-state index >= 15 is 0 Å². The van der Waals surface area contributed by atoms with Crippen LogP contribution in [0.3, 0.4) is 0 Å². The predicted octanol–water partition coefficient (Wildman–Crippen LogP) is 4.39. The Balaban J connectivity index is 0.000000241. The molecule has 13 nitrogen and oxygen atoms in total. The molecule has 2 amide bonds. The van der Waals surface area contributed by atoms with Crippen LogP contribution in [0, 0.1) is 6.92 Å². The number of esters is 1. The van der Waals surface area contributed by atoms with E-state index in [1.165, 1.54) is 22.8 Å². The van der Waals surface area contributed by atoms with E-state index in [0.717, 1.165) is 33.7 Å². The summed E-state index contributed by atoms with van der Waals surface area (Å²) >= 11 is 5.42. The highest BCUT2D eigenvalue weighted by Crippen LogP contribution is 2.35. The Morgan fingerprint density at radius 2 is 1.91 bits per heavy atom. The molecule has 1 aliphatic heterocycles. The molecule has 4 aromatic rings. The molecule has 0 saturated heterocycles. The van der Waals surface area contributed by atoms with Crippen molar-refractivity contribution >= 4 is 46.9 Å². The van der Waals surface area contributed by atoms with Gasteiger partial charge in [0.25, 0.3) is 11.8 Å². The van der Waals surface area contributed by atoms with Crippen molar-refractivity contribution in [1.29, 1.82) is 0 Å². The van der Waals surface area contributed by atoms with Crippen LogP contribution >= 0.6 is 11.8 Å². The topological polar surface area (TPSA) is 164 Å². The number of nitrogens with one attached hydrogen (secondary N) is 2. The van der Waals surface area contributed by atoms with Gasteiger partial charge in [-0.1, -0.05) is 12.1 Å². The second-order valence-electron chi connectivity index (χ2n) is 12.2. The Bertz CT molecular complexity index is 1880. The average Bonchev–Trinajstić information content (AvgIpc) is 3.66. The van der Waals surface area contributed by atoms with Gasteiger partial charge in [-0.25, -0.2) is 23.9 Å². The lowest BCUT2D eigenvalue weighted by atomic mass is 9.97. The van der Waals surface area contributed by atoms with Crippen LogP contribution in [-0.4, -0.2) is 62.7 Å². The maximum Gasteiger partial charge on any atom is 0.354 e. The highest BCUT2D eigenvalue weighted by atomic mass is 35.5. The van der Waals surface area contributed by atoms with Gasteiger partial charge in [-0.15, -0.1) is 0 Å². The van der Waals surface area contributed by atoms with Crippen molar-refractivity contribution in [2.24, 2.45) is 0 Å². The van der Waals surface area contributed by atoms with E-state index in [1.54, 1.807) is 18.0 Å². The van der Waals surface area contributed by atoms with Crippen molar-refractivity contribution < 1.29 is 33.8 Å². The zero-order valence-corrected chi connectivity index (χ0v) is 27.3. The molecular formula is C33H35ClN6O7. The molecular weight excluding hydrogens is 628 g/mol. The van der Waals surface area contributed by atoms with Crippen molar-refractivity contribution in [1.82, 2.24) is 24.8 Å². The number of carbonyl (C=O) groups is 4. The fourth-order valence-electron chi connectivity index (χ4n) is 5.51. The van der Waals surface area contributed by atoms with Crippen LogP contribution in [0.15, 0.2) is 48.7 Å². The zero-order chi connectivity index (χ0) is 34.0. The standard InChI is InChI=1S/C23H24N4O5.C10H11ClN2O2/c1-12-13-7-8-16(15(13)6-5-14(12)22(31)32-23(2,3)4)26-20(28)18-11-17(21(29)30)25-19-9-10-24-27(18)19;1-13-8-4-7(5-12-11)2-3-9(8)15-6-10(13)14/h5-6,9-11,16H,7-8H2,1-4H3,(H,26,28)(H,29,30);2-4,12H,5-6H2,1H3/t16-;/m0./s1. The van der Waals surface area contributed by atoms with Crippen LogP contribution in [0.2, 0.25) is 0 Å². The van der Waals surface area contributed by atoms with Gasteiger partial charge in [0.2, 0.25) is 0 Å². The van der Waals surface area contributed by atoms with Crippen LogP contribution in [0.1, 0.15) is 86.8 Å². The summed E-state index contributed by atoms with van der Waals surface area (Å²) in [7, 11) is 1.74. The van der Waals surface area contributed by atoms with Crippen molar-refractivity contribution in [3.8, 4) is 5.75 Å². The summed E-state index contributed by atoms with van der Waals surface area (Å²) in [6.07, 6.45) is 2.83. The molecule has 2 aliphatic rings. The van der Waals surface area contributed by atoms with Gasteiger partial charge in [0.1, 0.15) is 17.0 Å². The largest absolute Gasteiger partial charge is 0.482 e. The number of aromatic nitrogens is 3. The molecule has 0 fully saturated rings. The minimum Gasteiger partial charge on any atom is -0.482 e. The van der Waals surface area contributed by atoms with Gasteiger partial charge in [-0.3, -0.25) is 9.59 Å². The van der Waals surface area contributed by atoms with Gasteiger partial charge in [-0.05, 0) is 92.8 Å². The molecule has 2 aromatic carbocycles. The lowest BCUT2D eigenvalue weighted by Gasteiger charge is -2.26. The molecule has 3 heterocycles. The number of rotatable bonds is 6. The predicted molar refractivity (Wildman–Crippen MR) is 173 cm³/mol. The fourth-order valence-corrected chi connectivity index (χ4v) is 5.66. The van der Waals surface area contributed by atoms with Crippen LogP contribution in [-0.2, 0) is 22.5 Å². The van der Waals surface area contributed by atoms with Crippen molar-refractivity contribution in [3.05, 3.63) is 87.9 Å². The minimum absolute atomic E-state index is 0.0431. The van der Waals surface area contributed by atoms with E-state index in [4.69, 9.17) is 21.3 Å². The fraction of sp³-hybridized carbons (Fsp3) is 0.333. The molecule has 0 spiro atoms.